The molecule has 0 unspecified atom stereocenters. The SMILES string of the molecule is O[Si](O)(O)O.[AlH3].[H-].[H-].[Na+].[Na+]. The summed E-state index contributed by atoms with van der Waals surface area (Å²) >= 11 is 0. The topological polar surface area (TPSA) is 80.9 Å². The van der Waals surface area contributed by atoms with E-state index in [0.717, 1.165) is 0 Å². The van der Waals surface area contributed by atoms with Crippen LogP contribution in [0.25, 0.3) is 0 Å². The molecule has 0 rings (SSSR count). The Morgan fingerprint density at radius 3 is 0.875 bits per heavy atom. The van der Waals surface area contributed by atoms with Gasteiger partial charge in [-0.25, -0.2) is 0 Å². The van der Waals surface area contributed by atoms with Crippen LogP contribution in [0.4, 0.5) is 0 Å². The fourth-order valence-corrected chi connectivity index (χ4v) is 0. The van der Waals surface area contributed by atoms with Crippen LogP contribution in [0.3, 0.4) is 0 Å². The third kappa shape index (κ3) is 73.8. The second-order valence-corrected chi connectivity index (χ2v) is 1.80. The summed E-state index contributed by atoms with van der Waals surface area (Å²) in [4.78, 5) is 29.3. The summed E-state index contributed by atoms with van der Waals surface area (Å²) in [7, 11) is -4.61. The first-order chi connectivity index (χ1) is 2.00. The molecular weight excluding hydrogens is 165 g/mol. The van der Waals surface area contributed by atoms with Crippen LogP contribution in [0.1, 0.15) is 2.85 Å². The molecule has 0 aliphatic heterocycles. The van der Waals surface area contributed by atoms with Crippen molar-refractivity contribution in [1.82, 2.24) is 0 Å². The van der Waals surface area contributed by atoms with Crippen molar-refractivity contribution in [2.75, 3.05) is 0 Å². The zero-order valence-corrected chi connectivity index (χ0v) is 9.29. The predicted molar refractivity (Wildman–Crippen MR) is 26.8 cm³/mol. The fraction of sp³-hybridized carbons (Fsp3) is 0. The normalized spacial score (nSPS) is 7.50. The standard InChI is InChI=1S/Al.2Na.H4O4Si.5H/c;;;1-5(2,3)4;;;;;/h;;;1-4H;;;;;/q;2*+1;;;;;2*-1. The average molecular weight is 174 g/mol. The molecule has 8 heavy (non-hydrogen) atoms. The second-order valence-electron chi connectivity index (χ2n) is 0.600. The van der Waals surface area contributed by atoms with Gasteiger partial charge in [-0.1, -0.05) is 0 Å². The van der Waals surface area contributed by atoms with Crippen LogP contribution in [0.5, 0.6) is 0 Å². The van der Waals surface area contributed by atoms with E-state index in [-0.39, 0.29) is 79.3 Å². The van der Waals surface area contributed by atoms with Gasteiger partial charge in [0.25, 0.3) is 0 Å². The van der Waals surface area contributed by atoms with Crippen LogP contribution in [-0.2, 0) is 0 Å². The Hall–Kier alpha value is 2.59. The summed E-state index contributed by atoms with van der Waals surface area (Å²) < 4.78 is 0. The predicted octanol–water partition coefficient (Wildman–Crippen LogP) is -9.56. The Morgan fingerprint density at radius 1 is 0.875 bits per heavy atom. The molecule has 0 aliphatic carbocycles. The third-order valence-electron chi connectivity index (χ3n) is 0. The monoisotopic (exact) mass is 174 g/mol. The molecule has 8 heteroatoms. The summed E-state index contributed by atoms with van der Waals surface area (Å²) in [5.41, 5.74) is 0. The summed E-state index contributed by atoms with van der Waals surface area (Å²) in [5.74, 6) is 0. The molecule has 0 aromatic carbocycles. The van der Waals surface area contributed by atoms with E-state index in [0.29, 0.717) is 0 Å². The Labute approximate surface area is 106 Å². The van der Waals surface area contributed by atoms with Gasteiger partial charge in [-0.3, -0.25) is 0 Å². The van der Waals surface area contributed by atoms with Crippen molar-refractivity contribution in [3.8, 4) is 0 Å². The molecule has 0 atom stereocenters. The van der Waals surface area contributed by atoms with Crippen molar-refractivity contribution < 1.29 is 81.2 Å². The van der Waals surface area contributed by atoms with Crippen molar-refractivity contribution in [2.24, 2.45) is 0 Å². The van der Waals surface area contributed by atoms with Gasteiger partial charge in [0.05, 0.1) is 0 Å². The Balaban J connectivity index is -0.00000000800. The molecule has 0 spiro atoms. The van der Waals surface area contributed by atoms with Crippen molar-refractivity contribution in [1.29, 1.82) is 0 Å². The van der Waals surface area contributed by atoms with Gasteiger partial charge in [-0.15, -0.1) is 0 Å². The van der Waals surface area contributed by atoms with Gasteiger partial charge >= 0.3 is 68.2 Å². The van der Waals surface area contributed by atoms with E-state index in [1.807, 2.05) is 0 Å². The number of rotatable bonds is 0. The molecular formula is H9AlNa2O4Si. The molecule has 0 saturated heterocycles. The van der Waals surface area contributed by atoms with E-state index < -0.39 is 9.05 Å². The second kappa shape index (κ2) is 9.59. The largest absolute Gasteiger partial charge is 1.00 e. The van der Waals surface area contributed by atoms with Gasteiger partial charge in [0.15, 0.2) is 17.4 Å². The maximum Gasteiger partial charge on any atom is 1.00 e. The first-order valence-corrected chi connectivity index (χ1v) is 2.68. The maximum absolute atomic E-state index is 7.33. The van der Waals surface area contributed by atoms with E-state index in [2.05, 4.69) is 0 Å². The molecule has 42 valence electrons. The maximum atomic E-state index is 7.33. The van der Waals surface area contributed by atoms with Crippen LogP contribution in [0.15, 0.2) is 0 Å². The van der Waals surface area contributed by atoms with Gasteiger partial charge in [0.2, 0.25) is 0 Å². The quantitative estimate of drug-likeness (QED) is 0.275. The summed E-state index contributed by atoms with van der Waals surface area (Å²) in [6.07, 6.45) is 0. The van der Waals surface area contributed by atoms with Crippen LogP contribution < -0.4 is 59.1 Å². The zero-order chi connectivity index (χ0) is 4.50. The Kier molecular flexibility index (Phi) is 26.9. The minimum atomic E-state index is -4.61. The average Bonchev–Trinajstić information content (AvgIpc) is 0.722. The molecule has 4 nitrogen and oxygen atoms in total. The third-order valence-corrected chi connectivity index (χ3v) is 0. The van der Waals surface area contributed by atoms with Crippen molar-refractivity contribution in [3.63, 3.8) is 0 Å². The molecule has 0 bridgehead atoms. The van der Waals surface area contributed by atoms with Crippen molar-refractivity contribution in [2.45, 2.75) is 0 Å². The fourth-order valence-electron chi connectivity index (χ4n) is 0. The molecule has 0 aromatic heterocycles. The van der Waals surface area contributed by atoms with Crippen LogP contribution in [-0.4, -0.2) is 45.6 Å². The Morgan fingerprint density at radius 2 is 0.875 bits per heavy atom. The zero-order valence-electron chi connectivity index (χ0n) is 6.29. The van der Waals surface area contributed by atoms with Gasteiger partial charge in [-0.05, 0) is 0 Å². The first-order valence-electron chi connectivity index (χ1n) is 0.894. The molecule has 0 heterocycles. The number of hydrogen-bond donors (Lipinski definition) is 4. The minimum absolute atomic E-state index is 0. The molecule has 0 saturated carbocycles. The summed E-state index contributed by atoms with van der Waals surface area (Å²) in [5, 5.41) is 0. The number of hydrogen-bond acceptors (Lipinski definition) is 4. The van der Waals surface area contributed by atoms with E-state index >= 15 is 0 Å². The van der Waals surface area contributed by atoms with E-state index in [9.17, 15) is 0 Å². The van der Waals surface area contributed by atoms with Crippen LogP contribution in [0.2, 0.25) is 0 Å². The van der Waals surface area contributed by atoms with Crippen molar-refractivity contribution in [3.05, 3.63) is 0 Å². The molecule has 0 amide bonds. The summed E-state index contributed by atoms with van der Waals surface area (Å²) in [6.45, 7) is 0. The summed E-state index contributed by atoms with van der Waals surface area (Å²) in [6, 6.07) is 0. The van der Waals surface area contributed by atoms with E-state index in [1.165, 1.54) is 0 Å². The van der Waals surface area contributed by atoms with Gasteiger partial charge in [-0.2, -0.15) is 0 Å². The van der Waals surface area contributed by atoms with E-state index in [1.54, 1.807) is 0 Å². The molecule has 0 radical (unpaired) electrons. The first kappa shape index (κ1) is 22.4. The van der Waals surface area contributed by atoms with Crippen molar-refractivity contribution >= 4 is 26.4 Å². The molecule has 4 N–H and O–H groups in total. The van der Waals surface area contributed by atoms with Gasteiger partial charge in [0, 0.05) is 0 Å². The smallest absolute Gasteiger partial charge is 1.00 e. The van der Waals surface area contributed by atoms with E-state index in [4.69, 9.17) is 19.2 Å². The minimum Gasteiger partial charge on any atom is -1.00 e. The van der Waals surface area contributed by atoms with Crippen LogP contribution >= 0.6 is 0 Å². The molecule has 0 aromatic rings. The van der Waals surface area contributed by atoms with Gasteiger partial charge < -0.3 is 22.0 Å². The van der Waals surface area contributed by atoms with Gasteiger partial charge in [0.1, 0.15) is 0 Å². The molecule has 0 fully saturated rings. The Bertz CT molecular complexity index is 36.7. The molecule has 0 aliphatic rings. The van der Waals surface area contributed by atoms with Crippen LogP contribution in [0, 0.1) is 0 Å².